The maximum absolute atomic E-state index is 13.9. The Hall–Kier alpha value is -2.57. The number of thioether (sulfide) groups is 1. The van der Waals surface area contributed by atoms with Crippen molar-refractivity contribution in [2.45, 2.75) is 62.6 Å². The number of aromatic nitrogens is 2. The molecule has 1 fully saturated rings. The fourth-order valence-electron chi connectivity index (χ4n) is 5.50. The average molecular weight is 494 g/mol. The van der Waals surface area contributed by atoms with E-state index in [1.54, 1.807) is 28.8 Å². The lowest BCUT2D eigenvalue weighted by Crippen LogP contribution is -2.43. The minimum Gasteiger partial charge on any atom is -0.325 e. The van der Waals surface area contributed by atoms with Crippen LogP contribution in [0.3, 0.4) is 0 Å². The Kier molecular flexibility index (Phi) is 6.54. The quantitative estimate of drug-likeness (QED) is 0.346. The first-order valence-corrected chi connectivity index (χ1v) is 13.3. The third kappa shape index (κ3) is 4.29. The Bertz CT molecular complexity index is 1300. The highest BCUT2D eigenvalue weighted by atomic mass is 35.5. The zero-order valence-corrected chi connectivity index (χ0v) is 20.8. The van der Waals surface area contributed by atoms with Crippen LogP contribution >= 0.6 is 23.4 Å². The van der Waals surface area contributed by atoms with E-state index in [0.29, 0.717) is 22.4 Å². The Morgan fingerprint density at radius 1 is 1.15 bits per heavy atom. The summed E-state index contributed by atoms with van der Waals surface area (Å²) < 4.78 is 1.75. The van der Waals surface area contributed by atoms with E-state index in [0.717, 1.165) is 48.9 Å². The molecule has 1 aromatic heterocycles. The van der Waals surface area contributed by atoms with Crippen molar-refractivity contribution in [1.82, 2.24) is 9.55 Å². The van der Waals surface area contributed by atoms with Crippen LogP contribution in [0.5, 0.6) is 0 Å². The lowest BCUT2D eigenvalue weighted by atomic mass is 9.62. The van der Waals surface area contributed by atoms with E-state index in [1.807, 2.05) is 13.0 Å². The van der Waals surface area contributed by atoms with Gasteiger partial charge in [-0.3, -0.25) is 14.2 Å². The predicted molar refractivity (Wildman–Crippen MR) is 139 cm³/mol. The number of hydrogen-bond donors (Lipinski definition) is 1. The van der Waals surface area contributed by atoms with E-state index in [9.17, 15) is 9.59 Å². The molecule has 3 aromatic rings. The van der Waals surface area contributed by atoms with Crippen molar-refractivity contribution in [2.24, 2.45) is 0 Å². The van der Waals surface area contributed by atoms with Gasteiger partial charge in [0.25, 0.3) is 5.56 Å². The number of carbonyl (C=O) groups excluding carboxylic acids is 1. The second-order valence-electron chi connectivity index (χ2n) is 9.19. The van der Waals surface area contributed by atoms with Crippen molar-refractivity contribution in [3.05, 3.63) is 75.0 Å². The zero-order valence-electron chi connectivity index (χ0n) is 19.3. The molecule has 1 amide bonds. The first-order chi connectivity index (χ1) is 16.5. The van der Waals surface area contributed by atoms with Gasteiger partial charge in [-0.05, 0) is 49.9 Å². The molecular weight excluding hydrogens is 466 g/mol. The van der Waals surface area contributed by atoms with Gasteiger partial charge < -0.3 is 5.32 Å². The molecular formula is C27H28ClN3O2S. The number of nitrogens with zero attached hydrogens (tertiary/aromatic N) is 2. The topological polar surface area (TPSA) is 64.0 Å². The van der Waals surface area contributed by atoms with Crippen LogP contribution in [-0.2, 0) is 23.2 Å². The summed E-state index contributed by atoms with van der Waals surface area (Å²) in [7, 11) is 0. The van der Waals surface area contributed by atoms with Crippen LogP contribution in [0.15, 0.2) is 58.5 Å². The number of fused-ring (bicyclic) bond motifs is 4. The summed E-state index contributed by atoms with van der Waals surface area (Å²) in [5, 5.41) is 4.03. The van der Waals surface area contributed by atoms with Crippen molar-refractivity contribution in [3.8, 4) is 11.3 Å². The maximum atomic E-state index is 13.9. The number of halogens is 1. The van der Waals surface area contributed by atoms with Crippen LogP contribution in [-0.4, -0.2) is 21.2 Å². The summed E-state index contributed by atoms with van der Waals surface area (Å²) in [6.07, 6.45) is 6.49. The third-order valence-electron chi connectivity index (χ3n) is 7.03. The zero-order chi connectivity index (χ0) is 23.7. The first kappa shape index (κ1) is 23.2. The number of amides is 1. The van der Waals surface area contributed by atoms with Gasteiger partial charge >= 0.3 is 0 Å². The summed E-state index contributed by atoms with van der Waals surface area (Å²) in [5.74, 6) is -0.00380. The summed E-state index contributed by atoms with van der Waals surface area (Å²) in [5.41, 5.74) is 4.61. The molecule has 1 saturated carbocycles. The van der Waals surface area contributed by atoms with E-state index in [-0.39, 0.29) is 22.6 Å². The maximum Gasteiger partial charge on any atom is 0.258 e. The van der Waals surface area contributed by atoms with E-state index in [2.05, 4.69) is 23.5 Å². The Balaban J connectivity index is 1.51. The molecule has 0 atom stereocenters. The predicted octanol–water partition coefficient (Wildman–Crippen LogP) is 6.07. The van der Waals surface area contributed by atoms with Gasteiger partial charge in [-0.15, -0.1) is 0 Å². The minimum absolute atomic E-state index is 0.0571. The van der Waals surface area contributed by atoms with Crippen LogP contribution < -0.4 is 10.9 Å². The largest absolute Gasteiger partial charge is 0.325 e. The number of nitrogens with one attached hydrogen (secondary N) is 1. The highest BCUT2D eigenvalue weighted by molar-refractivity contribution is 7.99. The van der Waals surface area contributed by atoms with Crippen molar-refractivity contribution >= 4 is 35.0 Å². The molecule has 1 spiro atoms. The van der Waals surface area contributed by atoms with E-state index < -0.39 is 0 Å². The summed E-state index contributed by atoms with van der Waals surface area (Å²) in [6, 6.07) is 15.4. The summed E-state index contributed by atoms with van der Waals surface area (Å²) in [6.45, 7) is 2.49. The molecule has 2 aromatic carbocycles. The monoisotopic (exact) mass is 493 g/mol. The molecule has 2 aliphatic carbocycles. The first-order valence-electron chi connectivity index (χ1n) is 11.9. The normalized spacial score (nSPS) is 16.1. The number of hydrogen-bond acceptors (Lipinski definition) is 4. The van der Waals surface area contributed by atoms with Gasteiger partial charge in [0.1, 0.15) is 0 Å². The summed E-state index contributed by atoms with van der Waals surface area (Å²) in [4.78, 5) is 31.6. The van der Waals surface area contributed by atoms with Gasteiger partial charge in [0.15, 0.2) is 5.16 Å². The number of rotatable bonds is 5. The van der Waals surface area contributed by atoms with Gasteiger partial charge in [-0.25, -0.2) is 4.98 Å². The standard InChI is InChI=1S/C27H28ClN3O2S/c1-2-31-25(33)23-24(21-12-5-4-9-18(21)16-27(23)13-6-3-7-14-27)30-26(31)34-17-22(32)29-20-11-8-10-19(28)15-20/h4-5,8-12,15H,2-3,6-7,13-14,16-17H2,1H3,(H,29,32). The van der Waals surface area contributed by atoms with Crippen LogP contribution in [0.4, 0.5) is 5.69 Å². The molecule has 176 valence electrons. The molecule has 0 radical (unpaired) electrons. The van der Waals surface area contributed by atoms with E-state index in [4.69, 9.17) is 16.6 Å². The van der Waals surface area contributed by atoms with Crippen molar-refractivity contribution in [2.75, 3.05) is 11.1 Å². The molecule has 0 saturated heterocycles. The molecule has 0 bridgehead atoms. The van der Waals surface area contributed by atoms with E-state index in [1.165, 1.54) is 23.7 Å². The van der Waals surface area contributed by atoms with Gasteiger partial charge in [-0.2, -0.15) is 0 Å². The van der Waals surface area contributed by atoms with Gasteiger partial charge in [0.2, 0.25) is 5.91 Å². The molecule has 7 heteroatoms. The molecule has 1 heterocycles. The Labute approximate surface area is 208 Å². The smallest absolute Gasteiger partial charge is 0.258 e. The SMILES string of the molecule is CCn1c(SCC(=O)Nc2cccc(Cl)c2)nc2c(c1=O)C1(CCCCC1)Cc1ccccc1-2. The van der Waals surface area contributed by atoms with Crippen LogP contribution in [0.1, 0.15) is 50.2 Å². The lowest BCUT2D eigenvalue weighted by Gasteiger charge is -2.42. The number of carbonyl (C=O) groups is 1. The third-order valence-corrected chi connectivity index (χ3v) is 8.24. The Morgan fingerprint density at radius 2 is 1.94 bits per heavy atom. The second-order valence-corrected chi connectivity index (χ2v) is 10.6. The molecule has 0 aliphatic heterocycles. The fourth-order valence-corrected chi connectivity index (χ4v) is 6.55. The molecule has 2 aliphatic rings. The molecule has 1 N–H and O–H groups in total. The van der Waals surface area contributed by atoms with E-state index >= 15 is 0 Å². The Morgan fingerprint density at radius 3 is 2.71 bits per heavy atom. The van der Waals surface area contributed by atoms with Crippen LogP contribution in [0.25, 0.3) is 11.3 Å². The van der Waals surface area contributed by atoms with Gasteiger partial charge in [0, 0.05) is 28.2 Å². The van der Waals surface area contributed by atoms with Crippen molar-refractivity contribution in [1.29, 1.82) is 0 Å². The fraction of sp³-hybridized carbons (Fsp3) is 0.370. The highest BCUT2D eigenvalue weighted by Gasteiger charge is 2.43. The summed E-state index contributed by atoms with van der Waals surface area (Å²) >= 11 is 7.33. The average Bonchev–Trinajstić information content (AvgIpc) is 2.83. The second kappa shape index (κ2) is 9.59. The van der Waals surface area contributed by atoms with Crippen LogP contribution in [0, 0.1) is 0 Å². The van der Waals surface area contributed by atoms with Crippen LogP contribution in [0.2, 0.25) is 5.02 Å². The van der Waals surface area contributed by atoms with Crippen molar-refractivity contribution < 1.29 is 4.79 Å². The van der Waals surface area contributed by atoms with Crippen molar-refractivity contribution in [3.63, 3.8) is 0 Å². The lowest BCUT2D eigenvalue weighted by molar-refractivity contribution is -0.113. The highest BCUT2D eigenvalue weighted by Crippen LogP contribution is 2.48. The molecule has 0 unspecified atom stereocenters. The molecule has 5 nitrogen and oxygen atoms in total. The minimum atomic E-state index is -0.161. The van der Waals surface area contributed by atoms with Gasteiger partial charge in [0.05, 0.1) is 17.0 Å². The number of anilines is 1. The van der Waals surface area contributed by atoms with Gasteiger partial charge in [-0.1, -0.05) is 73.0 Å². The number of benzene rings is 2. The molecule has 34 heavy (non-hydrogen) atoms. The molecule has 5 rings (SSSR count).